The van der Waals surface area contributed by atoms with Gasteiger partial charge in [-0.15, -0.1) is 0 Å². The van der Waals surface area contributed by atoms with E-state index in [0.717, 1.165) is 15.8 Å². The number of aromatic nitrogens is 1. The summed E-state index contributed by atoms with van der Waals surface area (Å²) >= 11 is 1.46. The van der Waals surface area contributed by atoms with E-state index < -0.39 is 10.0 Å². The van der Waals surface area contributed by atoms with Gasteiger partial charge in [0, 0.05) is 26.2 Å². The van der Waals surface area contributed by atoms with Crippen LogP contribution in [0.5, 0.6) is 0 Å². The zero-order valence-corrected chi connectivity index (χ0v) is 18.2. The lowest BCUT2D eigenvalue weighted by Gasteiger charge is -2.18. The molecule has 0 aliphatic rings. The van der Waals surface area contributed by atoms with Crippen LogP contribution in [-0.4, -0.2) is 43.8 Å². The minimum Gasteiger partial charge on any atom is -0.288 e. The van der Waals surface area contributed by atoms with Gasteiger partial charge in [-0.3, -0.25) is 9.69 Å². The Labute approximate surface area is 175 Å². The van der Waals surface area contributed by atoms with E-state index in [1.54, 1.807) is 37.4 Å². The van der Waals surface area contributed by atoms with E-state index in [1.807, 2.05) is 38.1 Å². The number of rotatable bonds is 7. The topological polar surface area (TPSA) is 70.6 Å². The zero-order valence-electron chi connectivity index (χ0n) is 16.6. The third kappa shape index (κ3) is 4.55. The third-order valence-corrected chi connectivity index (χ3v) is 7.72. The van der Waals surface area contributed by atoms with Crippen molar-refractivity contribution in [2.75, 3.05) is 25.0 Å². The Balaban J connectivity index is 1.73. The van der Waals surface area contributed by atoms with E-state index in [0.29, 0.717) is 18.2 Å². The van der Waals surface area contributed by atoms with Gasteiger partial charge >= 0.3 is 0 Å². The standard InChI is InChI=1S/C21H23N3O3S2/c1-4-24(5-2)29(26,27)17-13-10-16(11-14-17)12-15-20(25)23(3)21-22-18-8-6-7-9-19(18)28-21/h6-15H,4-5H2,1-3H3/b15-12+. The molecule has 0 saturated carbocycles. The summed E-state index contributed by atoms with van der Waals surface area (Å²) in [7, 11) is -1.80. The van der Waals surface area contributed by atoms with Gasteiger partial charge in [-0.1, -0.05) is 49.4 Å². The van der Waals surface area contributed by atoms with Crippen molar-refractivity contribution in [3.63, 3.8) is 0 Å². The lowest BCUT2D eigenvalue weighted by Crippen LogP contribution is -2.30. The highest BCUT2D eigenvalue weighted by Crippen LogP contribution is 2.28. The van der Waals surface area contributed by atoms with Crippen molar-refractivity contribution in [1.82, 2.24) is 9.29 Å². The molecule has 8 heteroatoms. The van der Waals surface area contributed by atoms with Crippen LogP contribution in [0.1, 0.15) is 19.4 Å². The second-order valence-electron chi connectivity index (χ2n) is 6.35. The van der Waals surface area contributed by atoms with Gasteiger partial charge in [-0.2, -0.15) is 4.31 Å². The molecule has 0 aliphatic carbocycles. The summed E-state index contributed by atoms with van der Waals surface area (Å²) in [6.07, 6.45) is 3.12. The average molecular weight is 430 g/mol. The minimum absolute atomic E-state index is 0.205. The molecule has 0 N–H and O–H groups in total. The Kier molecular flexibility index (Phi) is 6.46. The van der Waals surface area contributed by atoms with E-state index >= 15 is 0 Å². The van der Waals surface area contributed by atoms with Crippen molar-refractivity contribution in [2.45, 2.75) is 18.7 Å². The summed E-state index contributed by atoms with van der Waals surface area (Å²) in [5.41, 5.74) is 1.61. The zero-order chi connectivity index (χ0) is 21.0. The predicted molar refractivity (Wildman–Crippen MR) is 119 cm³/mol. The van der Waals surface area contributed by atoms with Crippen molar-refractivity contribution < 1.29 is 13.2 Å². The summed E-state index contributed by atoms with van der Waals surface area (Å²) in [6, 6.07) is 14.3. The second kappa shape index (κ2) is 8.86. The molecule has 3 aromatic rings. The van der Waals surface area contributed by atoms with Crippen LogP contribution in [-0.2, 0) is 14.8 Å². The van der Waals surface area contributed by atoms with Gasteiger partial charge in [0.25, 0.3) is 5.91 Å². The van der Waals surface area contributed by atoms with Crippen LogP contribution >= 0.6 is 11.3 Å². The molecule has 0 atom stereocenters. The Morgan fingerprint density at radius 3 is 2.34 bits per heavy atom. The van der Waals surface area contributed by atoms with Crippen LogP contribution < -0.4 is 4.90 Å². The third-order valence-electron chi connectivity index (χ3n) is 4.54. The lowest BCUT2D eigenvalue weighted by atomic mass is 10.2. The number of hydrogen-bond acceptors (Lipinski definition) is 5. The van der Waals surface area contributed by atoms with Crippen LogP contribution in [0.2, 0.25) is 0 Å². The molecule has 0 aliphatic heterocycles. The van der Waals surface area contributed by atoms with E-state index in [9.17, 15) is 13.2 Å². The molecule has 0 fully saturated rings. The van der Waals surface area contributed by atoms with Gasteiger partial charge in [0.2, 0.25) is 10.0 Å². The Morgan fingerprint density at radius 2 is 1.72 bits per heavy atom. The Morgan fingerprint density at radius 1 is 1.07 bits per heavy atom. The van der Waals surface area contributed by atoms with Crippen molar-refractivity contribution >= 4 is 48.7 Å². The summed E-state index contributed by atoms with van der Waals surface area (Å²) in [5, 5.41) is 0.626. The first kappa shape index (κ1) is 21.2. The van der Waals surface area contributed by atoms with Gasteiger partial charge in [0.15, 0.2) is 5.13 Å². The van der Waals surface area contributed by atoms with Crippen molar-refractivity contribution in [3.8, 4) is 0 Å². The maximum atomic E-state index is 12.5. The molecule has 2 aromatic carbocycles. The molecule has 6 nitrogen and oxygen atoms in total. The smallest absolute Gasteiger partial charge is 0.252 e. The summed E-state index contributed by atoms with van der Waals surface area (Å²) in [5.74, 6) is -0.205. The lowest BCUT2D eigenvalue weighted by molar-refractivity contribution is -0.113. The molecule has 0 radical (unpaired) electrons. The molecule has 29 heavy (non-hydrogen) atoms. The molecule has 0 bridgehead atoms. The monoisotopic (exact) mass is 429 g/mol. The number of carbonyl (C=O) groups excluding carboxylic acids is 1. The summed E-state index contributed by atoms with van der Waals surface area (Å²) in [4.78, 5) is 18.7. The van der Waals surface area contributed by atoms with Gasteiger partial charge in [0.05, 0.1) is 15.1 Å². The molecule has 0 unspecified atom stereocenters. The number of anilines is 1. The van der Waals surface area contributed by atoms with Crippen molar-refractivity contribution in [3.05, 3.63) is 60.2 Å². The number of carbonyl (C=O) groups is 1. The summed E-state index contributed by atoms with van der Waals surface area (Å²) < 4.78 is 27.5. The number of hydrogen-bond donors (Lipinski definition) is 0. The molecule has 152 valence electrons. The van der Waals surface area contributed by atoms with Crippen molar-refractivity contribution in [1.29, 1.82) is 0 Å². The number of amides is 1. The van der Waals surface area contributed by atoms with E-state index in [1.165, 1.54) is 26.6 Å². The fraction of sp³-hybridized carbons (Fsp3) is 0.238. The molecule has 0 saturated heterocycles. The van der Waals surface area contributed by atoms with Crippen LogP contribution in [0.3, 0.4) is 0 Å². The molecule has 1 heterocycles. The first-order valence-corrected chi connectivity index (χ1v) is 11.5. The van der Waals surface area contributed by atoms with Crippen molar-refractivity contribution in [2.24, 2.45) is 0 Å². The van der Waals surface area contributed by atoms with E-state index in [4.69, 9.17) is 0 Å². The SMILES string of the molecule is CCN(CC)S(=O)(=O)c1ccc(/C=C/C(=O)N(C)c2nc3ccccc3s2)cc1. The van der Waals surface area contributed by atoms with Gasteiger partial charge < -0.3 is 0 Å². The highest BCUT2D eigenvalue weighted by atomic mass is 32.2. The molecule has 3 rings (SSSR count). The second-order valence-corrected chi connectivity index (χ2v) is 9.30. The number of likely N-dealkylation sites (N-methyl/N-ethyl adjacent to an activating group) is 1. The number of thiazole rings is 1. The maximum absolute atomic E-state index is 12.5. The normalized spacial score (nSPS) is 12.1. The van der Waals surface area contributed by atoms with Crippen LogP contribution in [0, 0.1) is 0 Å². The highest BCUT2D eigenvalue weighted by molar-refractivity contribution is 7.89. The number of sulfonamides is 1. The van der Waals surface area contributed by atoms with E-state index in [-0.39, 0.29) is 10.8 Å². The fourth-order valence-electron chi connectivity index (χ4n) is 2.84. The number of fused-ring (bicyclic) bond motifs is 1. The number of nitrogens with zero attached hydrogens (tertiary/aromatic N) is 3. The Hall–Kier alpha value is -2.55. The first-order chi connectivity index (χ1) is 13.9. The van der Waals surface area contributed by atoms with Gasteiger partial charge in [-0.05, 0) is 35.9 Å². The highest BCUT2D eigenvalue weighted by Gasteiger charge is 2.21. The van der Waals surface area contributed by atoms with Crippen LogP contribution in [0.4, 0.5) is 5.13 Å². The minimum atomic E-state index is -3.48. The molecular weight excluding hydrogens is 406 g/mol. The molecule has 1 aromatic heterocycles. The Bertz CT molecular complexity index is 1100. The predicted octanol–water partition coefficient (Wildman–Crippen LogP) is 4.00. The van der Waals surface area contributed by atoms with Crippen LogP contribution in [0.15, 0.2) is 59.5 Å². The van der Waals surface area contributed by atoms with Crippen LogP contribution in [0.25, 0.3) is 16.3 Å². The number of benzene rings is 2. The first-order valence-electron chi connectivity index (χ1n) is 9.28. The van der Waals surface area contributed by atoms with Gasteiger partial charge in [0.1, 0.15) is 0 Å². The average Bonchev–Trinajstić information content (AvgIpc) is 3.16. The summed E-state index contributed by atoms with van der Waals surface area (Å²) in [6.45, 7) is 4.47. The number of para-hydroxylation sites is 1. The van der Waals surface area contributed by atoms with Gasteiger partial charge in [-0.25, -0.2) is 13.4 Å². The largest absolute Gasteiger partial charge is 0.288 e. The molecule has 1 amide bonds. The fourth-order valence-corrected chi connectivity index (χ4v) is 5.23. The van der Waals surface area contributed by atoms with E-state index in [2.05, 4.69) is 4.98 Å². The molecule has 0 spiro atoms. The molecular formula is C21H23N3O3S2. The maximum Gasteiger partial charge on any atom is 0.252 e. The quantitative estimate of drug-likeness (QED) is 0.532.